The maximum Gasteiger partial charge on any atom is 0.163 e. The highest BCUT2D eigenvalue weighted by Gasteiger charge is 2.43. The fourth-order valence-electron chi connectivity index (χ4n) is 1.85. The van der Waals surface area contributed by atoms with Crippen molar-refractivity contribution in [1.82, 2.24) is 0 Å². The van der Waals surface area contributed by atoms with Crippen molar-refractivity contribution in [2.24, 2.45) is 11.8 Å². The fourth-order valence-corrected chi connectivity index (χ4v) is 1.85. The van der Waals surface area contributed by atoms with E-state index in [2.05, 4.69) is 27.7 Å². The minimum absolute atomic E-state index is 0.245. The number of hydrogen-bond donors (Lipinski definition) is 0. The van der Waals surface area contributed by atoms with Crippen LogP contribution < -0.4 is 0 Å². The van der Waals surface area contributed by atoms with Crippen LogP contribution in [0.25, 0.3) is 0 Å². The molecule has 2 heteroatoms. The molecule has 13 heavy (non-hydrogen) atoms. The van der Waals surface area contributed by atoms with E-state index in [9.17, 15) is 0 Å². The smallest absolute Gasteiger partial charge is 0.163 e. The van der Waals surface area contributed by atoms with E-state index in [4.69, 9.17) is 9.47 Å². The molecule has 1 aliphatic rings. The van der Waals surface area contributed by atoms with Crippen LogP contribution in [0.1, 0.15) is 41.5 Å². The van der Waals surface area contributed by atoms with Gasteiger partial charge in [0, 0.05) is 0 Å². The van der Waals surface area contributed by atoms with Crippen LogP contribution >= 0.6 is 0 Å². The predicted octanol–water partition coefficient (Wildman–Crippen LogP) is 2.82. The molecule has 0 aromatic rings. The molecule has 0 N–H and O–H groups in total. The number of rotatable bonds is 2. The molecule has 0 radical (unpaired) electrons. The summed E-state index contributed by atoms with van der Waals surface area (Å²) >= 11 is 0. The average molecular weight is 186 g/mol. The Morgan fingerprint density at radius 3 is 1.38 bits per heavy atom. The second kappa shape index (κ2) is 3.58. The molecule has 1 unspecified atom stereocenters. The van der Waals surface area contributed by atoms with Gasteiger partial charge < -0.3 is 9.47 Å². The molecular formula is C11H22O2. The van der Waals surface area contributed by atoms with Gasteiger partial charge in [-0.25, -0.2) is 0 Å². The molecular weight excluding hydrogens is 164 g/mol. The zero-order chi connectivity index (χ0) is 10.2. The van der Waals surface area contributed by atoms with Crippen LogP contribution in [0.2, 0.25) is 0 Å². The van der Waals surface area contributed by atoms with E-state index >= 15 is 0 Å². The molecule has 78 valence electrons. The van der Waals surface area contributed by atoms with Crippen molar-refractivity contribution >= 4 is 0 Å². The predicted molar refractivity (Wildman–Crippen MR) is 53.5 cm³/mol. The van der Waals surface area contributed by atoms with E-state index in [0.29, 0.717) is 11.8 Å². The third-order valence-electron chi connectivity index (χ3n) is 2.48. The number of ether oxygens (including phenoxy) is 2. The summed E-state index contributed by atoms with van der Waals surface area (Å²) in [6.07, 6.45) is 0.491. The van der Waals surface area contributed by atoms with Crippen molar-refractivity contribution in [2.45, 2.75) is 59.5 Å². The summed E-state index contributed by atoms with van der Waals surface area (Å²) in [6, 6.07) is 0. The summed E-state index contributed by atoms with van der Waals surface area (Å²) in [4.78, 5) is 0. The highest BCUT2D eigenvalue weighted by molar-refractivity contribution is 4.85. The van der Waals surface area contributed by atoms with E-state index in [1.807, 2.05) is 13.8 Å². The van der Waals surface area contributed by atoms with Crippen LogP contribution in [-0.2, 0) is 9.47 Å². The molecule has 0 amide bonds. The van der Waals surface area contributed by atoms with E-state index < -0.39 is 5.79 Å². The van der Waals surface area contributed by atoms with Crippen LogP contribution in [0.15, 0.2) is 0 Å². The Labute approximate surface area is 81.6 Å². The molecule has 0 bridgehead atoms. The minimum Gasteiger partial charge on any atom is -0.344 e. The molecule has 0 aromatic heterocycles. The zero-order valence-electron chi connectivity index (χ0n) is 9.63. The van der Waals surface area contributed by atoms with Gasteiger partial charge in [-0.3, -0.25) is 0 Å². The molecule has 0 aliphatic carbocycles. The first-order valence-corrected chi connectivity index (χ1v) is 5.19. The molecule has 1 rings (SSSR count). The SMILES string of the molecule is CC(C)C1OC(C)(C)O[C@@H]1C(C)C. The summed E-state index contributed by atoms with van der Waals surface area (Å²) in [5.74, 6) is 0.646. The van der Waals surface area contributed by atoms with E-state index in [1.54, 1.807) is 0 Å². The summed E-state index contributed by atoms with van der Waals surface area (Å²) in [6.45, 7) is 12.7. The van der Waals surface area contributed by atoms with E-state index in [0.717, 1.165) is 0 Å². The lowest BCUT2D eigenvalue weighted by atomic mass is 9.94. The van der Waals surface area contributed by atoms with Gasteiger partial charge in [0.15, 0.2) is 5.79 Å². The first-order chi connectivity index (χ1) is 5.83. The molecule has 0 spiro atoms. The summed E-state index contributed by atoms with van der Waals surface area (Å²) in [5.41, 5.74) is 0. The van der Waals surface area contributed by atoms with Crippen molar-refractivity contribution in [3.05, 3.63) is 0 Å². The molecule has 0 aromatic carbocycles. The van der Waals surface area contributed by atoms with Gasteiger partial charge in [-0.15, -0.1) is 0 Å². The highest BCUT2D eigenvalue weighted by atomic mass is 16.8. The van der Waals surface area contributed by atoms with Gasteiger partial charge in [0.05, 0.1) is 12.2 Å². The Kier molecular flexibility index (Phi) is 3.03. The largest absolute Gasteiger partial charge is 0.344 e. The van der Waals surface area contributed by atoms with Crippen LogP contribution in [0, 0.1) is 11.8 Å². The van der Waals surface area contributed by atoms with Crippen LogP contribution in [0.4, 0.5) is 0 Å². The summed E-state index contributed by atoms with van der Waals surface area (Å²) in [7, 11) is 0. The first kappa shape index (κ1) is 11.0. The van der Waals surface area contributed by atoms with Crippen molar-refractivity contribution in [2.75, 3.05) is 0 Å². The van der Waals surface area contributed by atoms with Crippen molar-refractivity contribution in [1.29, 1.82) is 0 Å². The van der Waals surface area contributed by atoms with Gasteiger partial charge in [-0.05, 0) is 25.7 Å². The minimum atomic E-state index is -0.399. The molecule has 1 aliphatic heterocycles. The first-order valence-electron chi connectivity index (χ1n) is 5.19. The van der Waals surface area contributed by atoms with Gasteiger partial charge in [0.1, 0.15) is 0 Å². The quantitative estimate of drug-likeness (QED) is 0.660. The Hall–Kier alpha value is -0.0800. The second-order valence-electron chi connectivity index (χ2n) is 5.05. The second-order valence-corrected chi connectivity index (χ2v) is 5.05. The van der Waals surface area contributed by atoms with Crippen molar-refractivity contribution in [3.8, 4) is 0 Å². The molecule has 0 saturated carbocycles. The third-order valence-corrected chi connectivity index (χ3v) is 2.48. The average Bonchev–Trinajstić information content (AvgIpc) is 2.26. The topological polar surface area (TPSA) is 18.5 Å². The lowest BCUT2D eigenvalue weighted by Crippen LogP contribution is -2.31. The van der Waals surface area contributed by atoms with E-state index in [1.165, 1.54) is 0 Å². The summed E-state index contributed by atoms with van der Waals surface area (Å²) in [5, 5.41) is 0. The van der Waals surface area contributed by atoms with Crippen LogP contribution in [0.3, 0.4) is 0 Å². The van der Waals surface area contributed by atoms with Crippen LogP contribution in [0.5, 0.6) is 0 Å². The fraction of sp³-hybridized carbons (Fsp3) is 1.00. The highest BCUT2D eigenvalue weighted by Crippen LogP contribution is 2.35. The van der Waals surface area contributed by atoms with Gasteiger partial charge in [0.2, 0.25) is 0 Å². The van der Waals surface area contributed by atoms with Crippen molar-refractivity contribution in [3.63, 3.8) is 0 Å². The Bertz CT molecular complexity index is 155. The maximum absolute atomic E-state index is 5.86. The molecule has 1 fully saturated rings. The van der Waals surface area contributed by atoms with Crippen LogP contribution in [-0.4, -0.2) is 18.0 Å². The lowest BCUT2D eigenvalue weighted by molar-refractivity contribution is -0.152. The van der Waals surface area contributed by atoms with Gasteiger partial charge in [0.25, 0.3) is 0 Å². The monoisotopic (exact) mass is 186 g/mol. The van der Waals surface area contributed by atoms with Gasteiger partial charge in [-0.2, -0.15) is 0 Å². The summed E-state index contributed by atoms with van der Waals surface area (Å²) < 4.78 is 11.7. The third kappa shape index (κ3) is 2.44. The number of hydrogen-bond acceptors (Lipinski definition) is 2. The maximum atomic E-state index is 5.86. The Morgan fingerprint density at radius 1 is 0.846 bits per heavy atom. The standard InChI is InChI=1S/C11H22O2/c1-7(2)9-10(8(3)4)13-11(5,6)12-9/h7-10H,1-6H3/t9-,10?/m1/s1. The van der Waals surface area contributed by atoms with Gasteiger partial charge >= 0.3 is 0 Å². The Morgan fingerprint density at radius 2 is 1.15 bits per heavy atom. The molecule has 1 heterocycles. The molecule has 2 nitrogen and oxygen atoms in total. The zero-order valence-corrected chi connectivity index (χ0v) is 9.63. The normalized spacial score (nSPS) is 33.2. The van der Waals surface area contributed by atoms with Crippen molar-refractivity contribution < 1.29 is 9.47 Å². The molecule has 1 saturated heterocycles. The lowest BCUT2D eigenvalue weighted by Gasteiger charge is -2.22. The van der Waals surface area contributed by atoms with Gasteiger partial charge in [-0.1, -0.05) is 27.7 Å². The molecule has 2 atom stereocenters. The van der Waals surface area contributed by atoms with E-state index in [-0.39, 0.29) is 12.2 Å². The Balaban J connectivity index is 2.71.